The Bertz CT molecular complexity index is 1450. The highest BCUT2D eigenvalue weighted by molar-refractivity contribution is 6.33. The summed E-state index contributed by atoms with van der Waals surface area (Å²) < 4.78 is 6.11. The summed E-state index contributed by atoms with van der Waals surface area (Å²) >= 11 is 6.46. The molecule has 2 aromatic carbocycles. The van der Waals surface area contributed by atoms with E-state index in [1.165, 1.54) is 11.1 Å². The molecule has 8 heteroatoms. The molecule has 0 radical (unpaired) electrons. The fourth-order valence-electron chi connectivity index (χ4n) is 5.55. The van der Waals surface area contributed by atoms with Gasteiger partial charge in [-0.15, -0.1) is 0 Å². The van der Waals surface area contributed by atoms with Crippen LogP contribution in [0.5, 0.6) is 0 Å². The molecule has 1 saturated heterocycles. The quantitative estimate of drug-likeness (QED) is 0.382. The first kappa shape index (κ1) is 23.4. The lowest BCUT2D eigenvalue weighted by atomic mass is 9.94. The standard InChI is InChI=1S/C28H30ClN5O2/c1-28(2)16-34(14-20-9-17-5-3-4-6-18(17)12-31-20)25(15-36-28)27(35)33-23-11-19(29)10-22-21-7-8-30-13-24(21)32-26(22)23/h3-8,10-11,13,20,25,31-32H,9,12,14-16H2,1-2H3,(H,33,35)/t20-,25+/m1/s1. The molecule has 0 saturated carbocycles. The van der Waals surface area contributed by atoms with Crippen LogP contribution in [-0.4, -0.2) is 58.2 Å². The number of carbonyl (C=O) groups excluding carboxylic acids is 1. The highest BCUT2D eigenvalue weighted by atomic mass is 35.5. The minimum absolute atomic E-state index is 0.0953. The monoisotopic (exact) mass is 503 g/mol. The average molecular weight is 504 g/mol. The van der Waals surface area contributed by atoms with Gasteiger partial charge in [-0.3, -0.25) is 14.7 Å². The summed E-state index contributed by atoms with van der Waals surface area (Å²) in [6.45, 7) is 6.79. The number of hydrogen-bond acceptors (Lipinski definition) is 5. The fraction of sp³-hybridized carbons (Fsp3) is 0.357. The number of fused-ring (bicyclic) bond motifs is 4. The number of halogens is 1. The van der Waals surface area contributed by atoms with Gasteiger partial charge >= 0.3 is 0 Å². The Balaban J connectivity index is 1.26. The molecule has 186 valence electrons. The van der Waals surface area contributed by atoms with Crippen LogP contribution in [0.3, 0.4) is 0 Å². The van der Waals surface area contributed by atoms with E-state index in [1.807, 2.05) is 12.1 Å². The van der Waals surface area contributed by atoms with E-state index in [0.717, 1.165) is 41.3 Å². The van der Waals surface area contributed by atoms with E-state index in [1.54, 1.807) is 18.5 Å². The second-order valence-corrected chi connectivity index (χ2v) is 10.9. The van der Waals surface area contributed by atoms with Crippen molar-refractivity contribution in [1.82, 2.24) is 20.2 Å². The van der Waals surface area contributed by atoms with Crippen molar-refractivity contribution in [2.75, 3.05) is 25.0 Å². The number of ether oxygens (including phenoxy) is 1. The summed E-state index contributed by atoms with van der Waals surface area (Å²) in [6.07, 6.45) is 4.48. The Morgan fingerprint density at radius 3 is 2.92 bits per heavy atom. The molecule has 0 unspecified atom stereocenters. The summed E-state index contributed by atoms with van der Waals surface area (Å²) in [7, 11) is 0. The molecule has 0 bridgehead atoms. The Morgan fingerprint density at radius 2 is 2.06 bits per heavy atom. The first-order valence-electron chi connectivity index (χ1n) is 12.4. The van der Waals surface area contributed by atoms with E-state index in [0.29, 0.717) is 23.9 Å². The molecular formula is C28H30ClN5O2. The molecule has 2 aliphatic rings. The van der Waals surface area contributed by atoms with Crippen LogP contribution in [0.2, 0.25) is 5.02 Å². The fourth-order valence-corrected chi connectivity index (χ4v) is 5.77. The lowest BCUT2D eigenvalue weighted by molar-refractivity contribution is -0.143. The normalized spacial score (nSPS) is 22.0. The number of aromatic amines is 1. The van der Waals surface area contributed by atoms with Gasteiger partial charge < -0.3 is 20.4 Å². The van der Waals surface area contributed by atoms with E-state index >= 15 is 0 Å². The zero-order chi connectivity index (χ0) is 24.9. The van der Waals surface area contributed by atoms with Crippen LogP contribution in [0, 0.1) is 0 Å². The van der Waals surface area contributed by atoms with Gasteiger partial charge in [0.25, 0.3) is 0 Å². The van der Waals surface area contributed by atoms with E-state index in [4.69, 9.17) is 16.3 Å². The zero-order valence-corrected chi connectivity index (χ0v) is 21.2. The second kappa shape index (κ2) is 9.16. The highest BCUT2D eigenvalue weighted by Gasteiger charge is 2.39. The number of morpholine rings is 1. The van der Waals surface area contributed by atoms with Crippen molar-refractivity contribution in [3.05, 3.63) is 71.0 Å². The Morgan fingerprint density at radius 1 is 1.22 bits per heavy atom. The molecule has 1 amide bonds. The molecule has 2 aliphatic heterocycles. The third-order valence-electron chi connectivity index (χ3n) is 7.31. The van der Waals surface area contributed by atoms with Crippen molar-refractivity contribution in [2.45, 2.75) is 44.5 Å². The van der Waals surface area contributed by atoms with Crippen molar-refractivity contribution >= 4 is 45.0 Å². The predicted octanol–water partition coefficient (Wildman–Crippen LogP) is 4.50. The van der Waals surface area contributed by atoms with Gasteiger partial charge in [0.05, 0.1) is 35.1 Å². The molecule has 2 atom stereocenters. The molecular weight excluding hydrogens is 474 g/mol. The van der Waals surface area contributed by atoms with Crippen LogP contribution in [-0.2, 0) is 22.5 Å². The van der Waals surface area contributed by atoms with Crippen LogP contribution in [0.15, 0.2) is 54.9 Å². The predicted molar refractivity (Wildman–Crippen MR) is 143 cm³/mol. The number of amides is 1. The maximum atomic E-state index is 13.7. The molecule has 7 nitrogen and oxygen atoms in total. The maximum Gasteiger partial charge on any atom is 0.244 e. The minimum atomic E-state index is -0.405. The number of rotatable bonds is 4. The Kier molecular flexibility index (Phi) is 5.96. The third-order valence-corrected chi connectivity index (χ3v) is 7.53. The van der Waals surface area contributed by atoms with Gasteiger partial charge in [0.1, 0.15) is 6.04 Å². The first-order chi connectivity index (χ1) is 17.4. The summed E-state index contributed by atoms with van der Waals surface area (Å²) in [6, 6.07) is 14.1. The number of H-pyrrole nitrogens is 1. The van der Waals surface area contributed by atoms with Gasteiger partial charge in [-0.1, -0.05) is 35.9 Å². The van der Waals surface area contributed by atoms with Crippen LogP contribution < -0.4 is 10.6 Å². The SMILES string of the molecule is CC1(C)CN(C[C@H]2Cc3ccccc3CN2)[C@H](C(=O)Nc2cc(Cl)cc3c2[nH]c2cnccc23)CO1. The number of anilines is 1. The van der Waals surface area contributed by atoms with Gasteiger partial charge in [0, 0.05) is 47.7 Å². The van der Waals surface area contributed by atoms with E-state index in [2.05, 4.69) is 63.6 Å². The van der Waals surface area contributed by atoms with Gasteiger partial charge in [0.15, 0.2) is 0 Å². The zero-order valence-electron chi connectivity index (χ0n) is 20.5. The topological polar surface area (TPSA) is 82.3 Å². The number of nitrogens with zero attached hydrogens (tertiary/aromatic N) is 2. The van der Waals surface area contributed by atoms with Gasteiger partial charge in [-0.2, -0.15) is 0 Å². The largest absolute Gasteiger partial charge is 0.372 e. The van der Waals surface area contributed by atoms with E-state index in [-0.39, 0.29) is 17.6 Å². The summed E-state index contributed by atoms with van der Waals surface area (Å²) in [5.41, 5.74) is 4.81. The molecule has 0 aliphatic carbocycles. The molecule has 4 heterocycles. The molecule has 6 rings (SSSR count). The maximum absolute atomic E-state index is 13.7. The number of hydrogen-bond donors (Lipinski definition) is 3. The average Bonchev–Trinajstić information content (AvgIpc) is 3.22. The smallest absolute Gasteiger partial charge is 0.244 e. The van der Waals surface area contributed by atoms with Crippen LogP contribution in [0.4, 0.5) is 5.69 Å². The second-order valence-electron chi connectivity index (χ2n) is 10.5. The highest BCUT2D eigenvalue weighted by Crippen LogP contribution is 2.33. The summed E-state index contributed by atoms with van der Waals surface area (Å²) in [4.78, 5) is 23.5. The lowest BCUT2D eigenvalue weighted by Gasteiger charge is -2.44. The third kappa shape index (κ3) is 4.48. The van der Waals surface area contributed by atoms with Gasteiger partial charge in [-0.25, -0.2) is 0 Å². The molecule has 2 aromatic heterocycles. The van der Waals surface area contributed by atoms with Gasteiger partial charge in [-0.05, 0) is 49.6 Å². The van der Waals surface area contributed by atoms with Crippen molar-refractivity contribution in [3.8, 4) is 0 Å². The summed E-state index contributed by atoms with van der Waals surface area (Å²) in [5.74, 6) is -0.0953. The Hall–Kier alpha value is -2.97. The number of pyridine rings is 1. The van der Waals surface area contributed by atoms with Crippen molar-refractivity contribution in [1.29, 1.82) is 0 Å². The van der Waals surface area contributed by atoms with Crippen LogP contribution >= 0.6 is 11.6 Å². The lowest BCUT2D eigenvalue weighted by Crippen LogP contribution is -2.61. The number of aromatic nitrogens is 2. The molecule has 0 spiro atoms. The minimum Gasteiger partial charge on any atom is -0.372 e. The molecule has 4 aromatic rings. The van der Waals surface area contributed by atoms with Crippen LogP contribution in [0.25, 0.3) is 21.8 Å². The van der Waals surface area contributed by atoms with E-state index in [9.17, 15) is 4.79 Å². The Labute approximate surface area is 215 Å². The van der Waals surface area contributed by atoms with Crippen LogP contribution in [0.1, 0.15) is 25.0 Å². The summed E-state index contributed by atoms with van der Waals surface area (Å²) in [5, 5.41) is 9.36. The first-order valence-corrected chi connectivity index (χ1v) is 12.8. The van der Waals surface area contributed by atoms with E-state index < -0.39 is 6.04 Å². The number of nitrogens with one attached hydrogen (secondary N) is 3. The molecule has 36 heavy (non-hydrogen) atoms. The van der Waals surface area contributed by atoms with Gasteiger partial charge in [0.2, 0.25) is 5.91 Å². The molecule has 3 N–H and O–H groups in total. The van der Waals surface area contributed by atoms with Crippen molar-refractivity contribution in [3.63, 3.8) is 0 Å². The van der Waals surface area contributed by atoms with Crippen molar-refractivity contribution in [2.24, 2.45) is 0 Å². The number of benzene rings is 2. The molecule has 1 fully saturated rings. The van der Waals surface area contributed by atoms with Crippen molar-refractivity contribution < 1.29 is 9.53 Å². The number of carbonyl (C=O) groups is 1.